The van der Waals surface area contributed by atoms with Crippen molar-refractivity contribution in [3.05, 3.63) is 56.7 Å². The second-order valence-electron chi connectivity index (χ2n) is 6.57. The number of alkyl halides is 3. The van der Waals surface area contributed by atoms with Gasteiger partial charge in [-0.25, -0.2) is 0 Å². The summed E-state index contributed by atoms with van der Waals surface area (Å²) in [7, 11) is 1.48. The van der Waals surface area contributed by atoms with Gasteiger partial charge in [-0.15, -0.1) is 0 Å². The number of nitrogens with zero attached hydrogens (tertiary/aromatic N) is 1. The van der Waals surface area contributed by atoms with E-state index in [0.717, 1.165) is 22.1 Å². The van der Waals surface area contributed by atoms with E-state index in [0.29, 0.717) is 17.1 Å². The lowest BCUT2D eigenvalue weighted by Gasteiger charge is -2.17. The molecule has 31 heavy (non-hydrogen) atoms. The summed E-state index contributed by atoms with van der Waals surface area (Å²) in [5, 5.41) is 11.7. The van der Waals surface area contributed by atoms with Gasteiger partial charge >= 0.3 is 6.18 Å². The molecular weight excluding hydrogens is 524 g/mol. The van der Waals surface area contributed by atoms with Crippen molar-refractivity contribution in [2.75, 3.05) is 12.4 Å². The second kappa shape index (κ2) is 10.5. The molecule has 9 heteroatoms. The van der Waals surface area contributed by atoms with Gasteiger partial charge in [-0.2, -0.15) is 18.4 Å². The summed E-state index contributed by atoms with van der Waals surface area (Å²) in [6.45, 7) is 3.92. The van der Waals surface area contributed by atoms with Gasteiger partial charge < -0.3 is 14.8 Å². The first-order chi connectivity index (χ1) is 14.6. The van der Waals surface area contributed by atoms with E-state index in [1.54, 1.807) is 18.2 Å². The number of benzene rings is 2. The summed E-state index contributed by atoms with van der Waals surface area (Å²) in [4.78, 5) is 12.5. The summed E-state index contributed by atoms with van der Waals surface area (Å²) >= 11 is 2.07. The third kappa shape index (κ3) is 6.62. The van der Waals surface area contributed by atoms with Crippen molar-refractivity contribution in [3.8, 4) is 17.6 Å². The van der Waals surface area contributed by atoms with Crippen LogP contribution in [0.25, 0.3) is 6.08 Å². The number of ether oxygens (including phenoxy) is 2. The number of hydrogen-bond acceptors (Lipinski definition) is 4. The minimum Gasteiger partial charge on any atom is -0.493 e. The largest absolute Gasteiger partial charge is 0.493 e. The Hall–Kier alpha value is -2.74. The molecule has 1 N–H and O–H groups in total. The molecule has 0 spiro atoms. The summed E-state index contributed by atoms with van der Waals surface area (Å²) in [5.74, 6) is 0.172. The van der Waals surface area contributed by atoms with E-state index < -0.39 is 17.6 Å². The first-order valence-electron chi connectivity index (χ1n) is 9.23. The predicted molar refractivity (Wildman–Crippen MR) is 120 cm³/mol. The number of halogens is 4. The van der Waals surface area contributed by atoms with Crippen LogP contribution in [0.15, 0.2) is 42.0 Å². The quantitative estimate of drug-likeness (QED) is 0.262. The van der Waals surface area contributed by atoms with Crippen LogP contribution in [0.3, 0.4) is 0 Å². The highest BCUT2D eigenvalue weighted by Crippen LogP contribution is 2.36. The molecule has 0 saturated heterocycles. The van der Waals surface area contributed by atoms with Crippen molar-refractivity contribution < 1.29 is 27.4 Å². The molecule has 0 aliphatic carbocycles. The Morgan fingerprint density at radius 3 is 2.61 bits per heavy atom. The van der Waals surface area contributed by atoms with Gasteiger partial charge in [0.05, 0.1) is 22.3 Å². The molecule has 0 fully saturated rings. The number of hydrogen-bond donors (Lipinski definition) is 1. The van der Waals surface area contributed by atoms with Gasteiger partial charge in [-0.05, 0) is 77.9 Å². The van der Waals surface area contributed by atoms with E-state index in [-0.39, 0.29) is 17.4 Å². The van der Waals surface area contributed by atoms with Crippen LogP contribution in [0.4, 0.5) is 18.9 Å². The zero-order valence-corrected chi connectivity index (χ0v) is 19.2. The Morgan fingerprint density at radius 1 is 1.32 bits per heavy atom. The van der Waals surface area contributed by atoms with Crippen LogP contribution in [0.2, 0.25) is 0 Å². The molecule has 0 aromatic heterocycles. The molecule has 0 saturated carbocycles. The van der Waals surface area contributed by atoms with E-state index in [4.69, 9.17) is 9.47 Å². The smallest absolute Gasteiger partial charge is 0.416 e. The van der Waals surface area contributed by atoms with E-state index in [9.17, 15) is 23.2 Å². The Labute approximate surface area is 192 Å². The first kappa shape index (κ1) is 24.5. The van der Waals surface area contributed by atoms with Gasteiger partial charge in [0.2, 0.25) is 0 Å². The molecule has 0 bridgehead atoms. The molecule has 5 nitrogen and oxygen atoms in total. The Balaban J connectivity index is 2.32. The third-order valence-electron chi connectivity index (χ3n) is 4.27. The fourth-order valence-corrected chi connectivity index (χ4v) is 3.26. The standard InChI is InChI=1S/C22H20F3IN2O3/c1-4-13(2)31-20-18(26)9-14(10-19(20)30-3)8-15(12-27)21(29)28-17-7-5-6-16(11-17)22(23,24)25/h5-11,13H,4H2,1-3H3,(H,28,29)/b15-8-/t13-/m1/s1. The molecular formula is C22H20F3IN2O3. The summed E-state index contributed by atoms with van der Waals surface area (Å²) in [6, 6.07) is 9.31. The van der Waals surface area contributed by atoms with Crippen LogP contribution in [0.5, 0.6) is 11.5 Å². The van der Waals surface area contributed by atoms with Crippen LogP contribution in [0.1, 0.15) is 31.4 Å². The molecule has 0 aliphatic rings. The lowest BCUT2D eigenvalue weighted by Crippen LogP contribution is -2.14. The lowest BCUT2D eigenvalue weighted by molar-refractivity contribution is -0.137. The maximum atomic E-state index is 12.9. The molecule has 1 amide bonds. The summed E-state index contributed by atoms with van der Waals surface area (Å²) in [6.07, 6.45) is -2.44. The van der Waals surface area contributed by atoms with Crippen LogP contribution < -0.4 is 14.8 Å². The minimum absolute atomic E-state index is 0.0308. The lowest BCUT2D eigenvalue weighted by atomic mass is 10.1. The van der Waals surface area contributed by atoms with Crippen LogP contribution in [-0.4, -0.2) is 19.1 Å². The highest BCUT2D eigenvalue weighted by Gasteiger charge is 2.30. The highest BCUT2D eigenvalue weighted by atomic mass is 127. The maximum Gasteiger partial charge on any atom is 0.416 e. The molecule has 2 aromatic carbocycles. The fourth-order valence-electron chi connectivity index (χ4n) is 2.51. The van der Waals surface area contributed by atoms with Crippen molar-refractivity contribution in [3.63, 3.8) is 0 Å². The van der Waals surface area contributed by atoms with Gasteiger partial charge in [-0.1, -0.05) is 13.0 Å². The number of nitriles is 1. The van der Waals surface area contributed by atoms with Crippen LogP contribution in [-0.2, 0) is 11.0 Å². The fraction of sp³-hybridized carbons (Fsp3) is 0.273. The Kier molecular flexibility index (Phi) is 8.33. The topological polar surface area (TPSA) is 71.3 Å². The monoisotopic (exact) mass is 544 g/mol. The second-order valence-corrected chi connectivity index (χ2v) is 7.74. The number of rotatable bonds is 7. The summed E-state index contributed by atoms with van der Waals surface area (Å²) < 4.78 is 50.6. The molecule has 0 aliphatic heterocycles. The number of nitrogens with one attached hydrogen (secondary N) is 1. The number of anilines is 1. The average molecular weight is 544 g/mol. The third-order valence-corrected chi connectivity index (χ3v) is 5.07. The average Bonchev–Trinajstić information content (AvgIpc) is 2.72. The van der Waals surface area contributed by atoms with Crippen molar-refractivity contribution in [2.24, 2.45) is 0 Å². The van der Waals surface area contributed by atoms with Gasteiger partial charge in [0, 0.05) is 5.69 Å². The maximum absolute atomic E-state index is 12.9. The zero-order chi connectivity index (χ0) is 23.2. The molecule has 0 radical (unpaired) electrons. The minimum atomic E-state index is -4.54. The Bertz CT molecular complexity index is 1030. The van der Waals surface area contributed by atoms with Gasteiger partial charge in [0.15, 0.2) is 11.5 Å². The molecule has 0 heterocycles. The molecule has 164 valence electrons. The normalized spacial score (nSPS) is 12.6. The van der Waals surface area contributed by atoms with Crippen molar-refractivity contribution in [2.45, 2.75) is 32.5 Å². The van der Waals surface area contributed by atoms with E-state index in [2.05, 4.69) is 27.9 Å². The molecule has 2 rings (SSSR count). The first-order valence-corrected chi connectivity index (χ1v) is 10.3. The van der Waals surface area contributed by atoms with Crippen molar-refractivity contribution >= 4 is 40.3 Å². The number of carbonyl (C=O) groups excluding carboxylic acids is 1. The van der Waals surface area contributed by atoms with Crippen molar-refractivity contribution in [1.82, 2.24) is 0 Å². The predicted octanol–water partition coefficient (Wildman–Crippen LogP) is 6.04. The highest BCUT2D eigenvalue weighted by molar-refractivity contribution is 14.1. The zero-order valence-electron chi connectivity index (χ0n) is 17.0. The number of methoxy groups -OCH3 is 1. The number of amides is 1. The van der Waals surface area contributed by atoms with Crippen LogP contribution >= 0.6 is 22.6 Å². The Morgan fingerprint density at radius 2 is 2.03 bits per heavy atom. The molecule has 2 aromatic rings. The summed E-state index contributed by atoms with van der Waals surface area (Å²) in [5.41, 5.74) is -0.728. The molecule has 0 unspecified atom stereocenters. The van der Waals surface area contributed by atoms with Gasteiger partial charge in [-0.3, -0.25) is 4.79 Å². The molecule has 1 atom stereocenters. The van der Waals surface area contributed by atoms with Crippen molar-refractivity contribution in [1.29, 1.82) is 5.26 Å². The van der Waals surface area contributed by atoms with Crippen LogP contribution in [0, 0.1) is 14.9 Å². The van der Waals surface area contributed by atoms with E-state index >= 15 is 0 Å². The van der Waals surface area contributed by atoms with Gasteiger partial charge in [0.25, 0.3) is 5.91 Å². The van der Waals surface area contributed by atoms with Gasteiger partial charge in [0.1, 0.15) is 11.6 Å². The van der Waals surface area contributed by atoms with E-state index in [1.807, 2.05) is 13.8 Å². The SMILES string of the molecule is CC[C@@H](C)Oc1c(I)cc(/C=C(/C#N)C(=O)Nc2cccc(C(F)(F)F)c2)cc1OC. The van der Waals surface area contributed by atoms with E-state index in [1.165, 1.54) is 25.3 Å². The number of carbonyl (C=O) groups is 1.